The van der Waals surface area contributed by atoms with Crippen molar-refractivity contribution in [3.05, 3.63) is 115 Å². The molecule has 0 N–H and O–H groups in total. The van der Waals surface area contributed by atoms with Gasteiger partial charge in [-0.25, -0.2) is 0 Å². The lowest BCUT2D eigenvalue weighted by Crippen LogP contribution is -1.84. The number of rotatable bonds is 5. The molecule has 3 rings (SSSR count). The largest absolute Gasteiger partial charge is 0.0990 e. The van der Waals surface area contributed by atoms with Crippen LogP contribution in [0.5, 0.6) is 0 Å². The van der Waals surface area contributed by atoms with Gasteiger partial charge in [-0.1, -0.05) is 103 Å². The summed E-state index contributed by atoms with van der Waals surface area (Å²) < 4.78 is 0. The first-order chi connectivity index (χ1) is 12.7. The van der Waals surface area contributed by atoms with Crippen molar-refractivity contribution in [3.8, 4) is 22.3 Å². The highest BCUT2D eigenvalue weighted by Gasteiger charge is 2.03. The van der Waals surface area contributed by atoms with Gasteiger partial charge in [0, 0.05) is 0 Å². The Labute approximate surface area is 156 Å². The maximum Gasteiger partial charge on any atom is -0.0178 e. The van der Waals surface area contributed by atoms with Gasteiger partial charge >= 0.3 is 0 Å². The minimum atomic E-state index is 1.17. The topological polar surface area (TPSA) is 0 Å². The molecule has 0 nitrogen and oxygen atoms in total. The molecule has 0 fully saturated rings. The van der Waals surface area contributed by atoms with Crippen LogP contribution in [0, 0.1) is 6.92 Å². The Morgan fingerprint density at radius 2 is 1.35 bits per heavy atom. The first-order valence-electron chi connectivity index (χ1n) is 8.94. The van der Waals surface area contributed by atoms with Crippen molar-refractivity contribution in [3.63, 3.8) is 0 Å². The summed E-state index contributed by atoms with van der Waals surface area (Å²) in [5.74, 6) is 0. The molecular formula is C26H24. The predicted octanol–water partition coefficient (Wildman–Crippen LogP) is 7.47. The van der Waals surface area contributed by atoms with Crippen LogP contribution in [0.3, 0.4) is 0 Å². The van der Waals surface area contributed by atoms with Crippen LogP contribution in [0.25, 0.3) is 27.8 Å². The molecule has 0 radical (unpaired) electrons. The molecule has 0 amide bonds. The van der Waals surface area contributed by atoms with Crippen molar-refractivity contribution >= 4 is 5.57 Å². The second-order valence-corrected chi connectivity index (χ2v) is 6.38. The van der Waals surface area contributed by atoms with Gasteiger partial charge in [0.1, 0.15) is 0 Å². The molecular weight excluding hydrogens is 312 g/mol. The lowest BCUT2D eigenvalue weighted by molar-refractivity contribution is 1.47. The van der Waals surface area contributed by atoms with E-state index in [0.717, 1.165) is 0 Å². The van der Waals surface area contributed by atoms with Crippen LogP contribution < -0.4 is 0 Å². The van der Waals surface area contributed by atoms with Gasteiger partial charge in [0.25, 0.3) is 0 Å². The molecule has 0 aliphatic carbocycles. The third kappa shape index (κ3) is 4.10. The summed E-state index contributed by atoms with van der Waals surface area (Å²) in [5, 5.41) is 0. The maximum absolute atomic E-state index is 3.81. The molecule has 0 saturated heterocycles. The average Bonchev–Trinajstić information content (AvgIpc) is 2.69. The molecule has 3 aromatic rings. The van der Waals surface area contributed by atoms with Crippen LogP contribution >= 0.6 is 0 Å². The van der Waals surface area contributed by atoms with Crippen LogP contribution in [0.15, 0.2) is 104 Å². The Balaban J connectivity index is 1.92. The van der Waals surface area contributed by atoms with Gasteiger partial charge in [0.05, 0.1) is 0 Å². The fourth-order valence-electron chi connectivity index (χ4n) is 3.03. The zero-order chi connectivity index (χ0) is 18.4. The van der Waals surface area contributed by atoms with Gasteiger partial charge in [0.15, 0.2) is 0 Å². The van der Waals surface area contributed by atoms with Crippen LogP contribution in [-0.2, 0) is 0 Å². The molecule has 128 valence electrons. The fraction of sp³-hybridized carbons (Fsp3) is 0.0769. The molecule has 0 heterocycles. The molecule has 0 atom stereocenters. The first kappa shape index (κ1) is 17.7. The number of hydrogen-bond acceptors (Lipinski definition) is 0. The summed E-state index contributed by atoms with van der Waals surface area (Å²) in [6, 6.07) is 26.1. The Bertz CT molecular complexity index is 936. The molecule has 0 bridgehead atoms. The Hall–Kier alpha value is -3.12. The summed E-state index contributed by atoms with van der Waals surface area (Å²) in [6.07, 6.45) is 8.02. The summed E-state index contributed by atoms with van der Waals surface area (Å²) >= 11 is 0. The zero-order valence-corrected chi connectivity index (χ0v) is 15.4. The highest BCUT2D eigenvalue weighted by molar-refractivity contribution is 5.78. The second kappa shape index (κ2) is 8.31. The van der Waals surface area contributed by atoms with E-state index in [1.54, 1.807) is 0 Å². The molecule has 26 heavy (non-hydrogen) atoms. The van der Waals surface area contributed by atoms with E-state index in [1.165, 1.54) is 39.0 Å². The highest BCUT2D eigenvalue weighted by Crippen LogP contribution is 2.28. The molecule has 0 unspecified atom stereocenters. The monoisotopic (exact) mass is 336 g/mol. The van der Waals surface area contributed by atoms with Crippen LogP contribution in [0.1, 0.15) is 18.1 Å². The Morgan fingerprint density at radius 1 is 0.769 bits per heavy atom. The van der Waals surface area contributed by atoms with Gasteiger partial charge < -0.3 is 0 Å². The van der Waals surface area contributed by atoms with Gasteiger partial charge in [-0.2, -0.15) is 0 Å². The van der Waals surface area contributed by atoms with E-state index < -0.39 is 0 Å². The normalized spacial score (nSPS) is 11.7. The van der Waals surface area contributed by atoms with E-state index in [2.05, 4.69) is 92.4 Å². The van der Waals surface area contributed by atoms with Crippen molar-refractivity contribution in [1.29, 1.82) is 0 Å². The predicted molar refractivity (Wildman–Crippen MR) is 115 cm³/mol. The molecule has 0 aromatic heterocycles. The van der Waals surface area contributed by atoms with E-state index in [9.17, 15) is 0 Å². The van der Waals surface area contributed by atoms with Crippen molar-refractivity contribution in [2.45, 2.75) is 13.8 Å². The van der Waals surface area contributed by atoms with Crippen LogP contribution in [-0.4, -0.2) is 0 Å². The van der Waals surface area contributed by atoms with Gasteiger partial charge in [-0.3, -0.25) is 0 Å². The summed E-state index contributed by atoms with van der Waals surface area (Å²) in [6.45, 7) is 7.95. The number of benzene rings is 3. The van der Waals surface area contributed by atoms with E-state index in [1.807, 2.05) is 25.2 Å². The third-order valence-electron chi connectivity index (χ3n) is 4.44. The summed E-state index contributed by atoms with van der Waals surface area (Å²) in [5.41, 5.74) is 8.59. The lowest BCUT2D eigenvalue weighted by Gasteiger charge is -2.08. The maximum atomic E-state index is 3.81. The molecule has 0 heteroatoms. The van der Waals surface area contributed by atoms with Gasteiger partial charge in [-0.05, 0) is 53.3 Å². The molecule has 0 spiro atoms. The summed E-state index contributed by atoms with van der Waals surface area (Å²) in [7, 11) is 0. The standard InChI is InChI=1S/C26H24/c1-4-7-21(8-5-2)22-15-17-24(18-16-22)26-10-6-9-25(19-26)23-13-11-20(3)12-14-23/h4-19H,1H2,2-3H3/b8-5-,21-7+. The van der Waals surface area contributed by atoms with E-state index in [4.69, 9.17) is 0 Å². The zero-order valence-electron chi connectivity index (χ0n) is 15.4. The molecule has 0 aliphatic heterocycles. The van der Waals surface area contributed by atoms with Crippen molar-refractivity contribution in [2.24, 2.45) is 0 Å². The van der Waals surface area contributed by atoms with Crippen molar-refractivity contribution in [2.75, 3.05) is 0 Å². The van der Waals surface area contributed by atoms with E-state index >= 15 is 0 Å². The van der Waals surface area contributed by atoms with Crippen LogP contribution in [0.4, 0.5) is 0 Å². The Kier molecular flexibility index (Phi) is 5.66. The summed E-state index contributed by atoms with van der Waals surface area (Å²) in [4.78, 5) is 0. The van der Waals surface area contributed by atoms with E-state index in [0.29, 0.717) is 0 Å². The van der Waals surface area contributed by atoms with Crippen molar-refractivity contribution < 1.29 is 0 Å². The molecule has 3 aromatic carbocycles. The third-order valence-corrected chi connectivity index (χ3v) is 4.44. The lowest BCUT2D eigenvalue weighted by atomic mass is 9.96. The number of aryl methyl sites for hydroxylation is 1. The highest BCUT2D eigenvalue weighted by atomic mass is 14.1. The average molecular weight is 336 g/mol. The minimum absolute atomic E-state index is 1.17. The second-order valence-electron chi connectivity index (χ2n) is 6.38. The number of hydrogen-bond donors (Lipinski definition) is 0. The molecule has 0 aliphatic rings. The van der Waals surface area contributed by atoms with Gasteiger partial charge in [-0.15, -0.1) is 0 Å². The fourth-order valence-corrected chi connectivity index (χ4v) is 3.03. The van der Waals surface area contributed by atoms with E-state index in [-0.39, 0.29) is 0 Å². The van der Waals surface area contributed by atoms with Crippen molar-refractivity contribution in [1.82, 2.24) is 0 Å². The first-order valence-corrected chi connectivity index (χ1v) is 8.94. The Morgan fingerprint density at radius 3 is 1.88 bits per heavy atom. The quantitative estimate of drug-likeness (QED) is 0.424. The van der Waals surface area contributed by atoms with Crippen LogP contribution in [0.2, 0.25) is 0 Å². The SMILES string of the molecule is C=C/C=C(\C=C/C)c1ccc(-c2cccc(-c3ccc(C)cc3)c2)cc1. The molecule has 0 saturated carbocycles. The minimum Gasteiger partial charge on any atom is -0.0990 e. The number of allylic oxidation sites excluding steroid dienone is 5. The van der Waals surface area contributed by atoms with Gasteiger partial charge in [0.2, 0.25) is 0 Å². The smallest absolute Gasteiger partial charge is 0.0178 e.